The summed E-state index contributed by atoms with van der Waals surface area (Å²) in [5, 5.41) is 6.57. The van der Waals surface area contributed by atoms with E-state index >= 15 is 0 Å². The number of rotatable bonds is 2. The molecule has 4 heterocycles. The molecule has 51 heavy (non-hydrogen) atoms. The Bertz CT molecular complexity index is 2910. The lowest BCUT2D eigenvalue weighted by Gasteiger charge is -2.41. The average Bonchev–Trinajstić information content (AvgIpc) is 3.69. The van der Waals surface area contributed by atoms with E-state index in [9.17, 15) is 0 Å². The molecule has 0 aliphatic carbocycles. The first-order valence-electron chi connectivity index (χ1n) is 18.0. The number of benzene rings is 7. The van der Waals surface area contributed by atoms with E-state index in [0.717, 1.165) is 0 Å². The van der Waals surface area contributed by atoms with Crippen LogP contribution >= 0.6 is 11.3 Å². The standard InChI is InChI=1S/C47H35BN2S/c1-28-24-36-35-16-10-11-17-39(35)50(34-21-19-33(20-22-34)47(2,3)4)48-43(36)45-42(28)37-25-30-14-8-9-15-31(30)27-40(37)49(45)44-38-26-32(29-12-6-5-7-13-29)18-23-41(38)51-46(44)48/h5-27H,1-4H3. The van der Waals surface area contributed by atoms with Gasteiger partial charge >= 0.3 is 6.85 Å². The van der Waals surface area contributed by atoms with Crippen LogP contribution in [0.3, 0.4) is 0 Å². The van der Waals surface area contributed by atoms with E-state index in [0.29, 0.717) is 0 Å². The SMILES string of the molecule is Cc1cc2c3c4c1c1cc5ccccc5cc1n4-c1c(sc4ccc(-c5ccccc5)cc14)B3N(c1ccc(C(C)(C)C)cc1)c1ccccc1-2. The van der Waals surface area contributed by atoms with E-state index in [4.69, 9.17) is 0 Å². The van der Waals surface area contributed by atoms with E-state index in [1.165, 1.54) is 103 Å². The highest BCUT2D eigenvalue weighted by molar-refractivity contribution is 7.32. The molecule has 7 aromatic carbocycles. The van der Waals surface area contributed by atoms with Crippen LogP contribution in [-0.2, 0) is 5.41 Å². The van der Waals surface area contributed by atoms with E-state index < -0.39 is 0 Å². The Labute approximate surface area is 302 Å². The largest absolute Gasteiger partial charge is 0.376 e. The molecule has 4 heteroatoms. The molecule has 2 aliphatic rings. The van der Waals surface area contributed by atoms with E-state index in [1.807, 2.05) is 11.3 Å². The number of nitrogens with zero attached hydrogens (tertiary/aromatic N) is 2. The van der Waals surface area contributed by atoms with Gasteiger partial charge < -0.3 is 9.38 Å². The van der Waals surface area contributed by atoms with Crippen LogP contribution in [0.15, 0.2) is 140 Å². The van der Waals surface area contributed by atoms with Gasteiger partial charge in [-0.2, -0.15) is 0 Å². The fourth-order valence-corrected chi connectivity index (χ4v) is 10.3. The Kier molecular flexibility index (Phi) is 5.86. The molecule has 2 nitrogen and oxygen atoms in total. The van der Waals surface area contributed by atoms with Crippen molar-refractivity contribution in [2.24, 2.45) is 0 Å². The number of aromatic nitrogens is 1. The third kappa shape index (κ3) is 4.00. The fraction of sp³-hybridized carbons (Fsp3) is 0.106. The summed E-state index contributed by atoms with van der Waals surface area (Å²) >= 11 is 1.96. The normalized spacial score (nSPS) is 13.4. The molecule has 0 bridgehead atoms. The van der Waals surface area contributed by atoms with Crippen LogP contribution < -0.4 is 15.1 Å². The Morgan fingerprint density at radius 3 is 2.14 bits per heavy atom. The first kappa shape index (κ1) is 29.2. The summed E-state index contributed by atoms with van der Waals surface area (Å²) in [6, 6.07) is 52.5. The molecule has 2 aliphatic heterocycles. The monoisotopic (exact) mass is 670 g/mol. The Balaban J connectivity index is 1.32. The van der Waals surface area contributed by atoms with Crippen molar-refractivity contribution in [1.29, 1.82) is 0 Å². The van der Waals surface area contributed by atoms with Crippen LogP contribution in [0.5, 0.6) is 0 Å². The number of anilines is 2. The fourth-order valence-electron chi connectivity index (χ4n) is 9.02. The molecule has 0 unspecified atom stereocenters. The summed E-state index contributed by atoms with van der Waals surface area (Å²) in [6.07, 6.45) is 0. The second-order valence-corrected chi connectivity index (χ2v) is 16.5. The molecule has 0 radical (unpaired) electrons. The van der Waals surface area contributed by atoms with Gasteiger partial charge in [-0.3, -0.25) is 0 Å². The molecule has 0 amide bonds. The van der Waals surface area contributed by atoms with Crippen molar-refractivity contribution in [2.45, 2.75) is 33.1 Å². The minimum Gasteiger partial charge on any atom is -0.376 e. The number of hydrogen-bond acceptors (Lipinski definition) is 2. The Morgan fingerprint density at radius 1 is 0.627 bits per heavy atom. The smallest absolute Gasteiger partial charge is 0.343 e. The number of fused-ring (bicyclic) bond motifs is 11. The molecule has 242 valence electrons. The predicted molar refractivity (Wildman–Crippen MR) is 222 cm³/mol. The van der Waals surface area contributed by atoms with Gasteiger partial charge in [-0.1, -0.05) is 118 Å². The van der Waals surface area contributed by atoms with Gasteiger partial charge in [0, 0.05) is 42.6 Å². The molecule has 2 aromatic heterocycles. The maximum atomic E-state index is 2.65. The average molecular weight is 671 g/mol. The summed E-state index contributed by atoms with van der Waals surface area (Å²) in [4.78, 5) is 2.64. The van der Waals surface area contributed by atoms with Crippen LogP contribution in [0.1, 0.15) is 31.9 Å². The van der Waals surface area contributed by atoms with Crippen molar-refractivity contribution < 1.29 is 0 Å². The second kappa shape index (κ2) is 10.2. The van der Waals surface area contributed by atoms with E-state index in [1.54, 1.807) is 0 Å². The van der Waals surface area contributed by atoms with Gasteiger partial charge in [-0.15, -0.1) is 11.3 Å². The topological polar surface area (TPSA) is 8.17 Å². The molecule has 0 atom stereocenters. The molecule has 0 fully saturated rings. The zero-order valence-electron chi connectivity index (χ0n) is 29.2. The van der Waals surface area contributed by atoms with Crippen LogP contribution in [-0.4, -0.2) is 11.4 Å². The van der Waals surface area contributed by atoms with Crippen LogP contribution in [0, 0.1) is 6.92 Å². The minimum absolute atomic E-state index is 0.0253. The summed E-state index contributed by atoms with van der Waals surface area (Å²) in [6.45, 7) is 9.23. The van der Waals surface area contributed by atoms with Gasteiger partial charge in [0.15, 0.2) is 0 Å². The van der Waals surface area contributed by atoms with Gasteiger partial charge in [0.2, 0.25) is 0 Å². The third-order valence-electron chi connectivity index (χ3n) is 11.4. The highest BCUT2D eigenvalue weighted by Crippen LogP contribution is 2.48. The number of thiophene rings is 1. The lowest BCUT2D eigenvalue weighted by Crippen LogP contribution is -2.59. The van der Waals surface area contributed by atoms with E-state index in [-0.39, 0.29) is 12.3 Å². The van der Waals surface area contributed by atoms with Crippen LogP contribution in [0.25, 0.3) is 70.6 Å². The van der Waals surface area contributed by atoms with Crippen LogP contribution in [0.4, 0.5) is 11.4 Å². The van der Waals surface area contributed by atoms with Gasteiger partial charge in [0.25, 0.3) is 0 Å². The highest BCUT2D eigenvalue weighted by atomic mass is 32.1. The highest BCUT2D eigenvalue weighted by Gasteiger charge is 2.46. The molecule has 0 spiro atoms. The second-order valence-electron chi connectivity index (χ2n) is 15.4. The van der Waals surface area contributed by atoms with E-state index in [2.05, 4.69) is 177 Å². The lowest BCUT2D eigenvalue weighted by atomic mass is 9.47. The van der Waals surface area contributed by atoms with Crippen molar-refractivity contribution in [3.05, 3.63) is 151 Å². The molecule has 0 saturated heterocycles. The summed E-state index contributed by atoms with van der Waals surface area (Å²) in [7, 11) is 0. The van der Waals surface area contributed by atoms with Crippen molar-refractivity contribution in [3.8, 4) is 27.9 Å². The molecular formula is C47H35BN2S. The zero-order chi connectivity index (χ0) is 34.2. The van der Waals surface area contributed by atoms with Gasteiger partial charge in [0.1, 0.15) is 0 Å². The first-order chi connectivity index (χ1) is 24.8. The van der Waals surface area contributed by atoms with Gasteiger partial charge in [-0.25, -0.2) is 0 Å². The van der Waals surface area contributed by atoms with Crippen molar-refractivity contribution in [3.63, 3.8) is 0 Å². The maximum absolute atomic E-state index is 2.65. The zero-order valence-corrected chi connectivity index (χ0v) is 30.0. The van der Waals surface area contributed by atoms with Gasteiger partial charge in [0.05, 0.1) is 16.7 Å². The van der Waals surface area contributed by atoms with Crippen molar-refractivity contribution in [1.82, 2.24) is 4.57 Å². The molecule has 0 saturated carbocycles. The van der Waals surface area contributed by atoms with Gasteiger partial charge in [-0.05, 0) is 98.9 Å². The molecule has 11 rings (SSSR count). The molecule has 9 aromatic rings. The Morgan fingerprint density at radius 2 is 1.35 bits per heavy atom. The molecular weight excluding hydrogens is 635 g/mol. The minimum atomic E-state index is 0.0253. The quantitative estimate of drug-likeness (QED) is 0.166. The van der Waals surface area contributed by atoms with Crippen molar-refractivity contribution >= 4 is 82.5 Å². The Hall–Kier alpha value is -5.58. The van der Waals surface area contributed by atoms with Crippen molar-refractivity contribution in [2.75, 3.05) is 4.81 Å². The molecule has 0 N–H and O–H groups in total. The number of hydrogen-bond donors (Lipinski definition) is 0. The number of para-hydroxylation sites is 1. The third-order valence-corrected chi connectivity index (χ3v) is 12.6. The maximum Gasteiger partial charge on any atom is 0.343 e. The summed E-state index contributed by atoms with van der Waals surface area (Å²) < 4.78 is 5.37. The predicted octanol–water partition coefficient (Wildman–Crippen LogP) is 11.7. The first-order valence-corrected chi connectivity index (χ1v) is 18.8. The number of aryl methyl sites for hydroxylation is 1. The summed E-state index contributed by atoms with van der Waals surface area (Å²) in [5.41, 5.74) is 15.8. The lowest BCUT2D eigenvalue weighted by molar-refractivity contribution is 0.590. The summed E-state index contributed by atoms with van der Waals surface area (Å²) in [5.74, 6) is 0. The van der Waals surface area contributed by atoms with Crippen LogP contribution in [0.2, 0.25) is 0 Å².